The van der Waals surface area contributed by atoms with Crippen LogP contribution in [0.1, 0.15) is 10.4 Å². The van der Waals surface area contributed by atoms with E-state index in [4.69, 9.17) is 10.2 Å². The molecule has 8 nitrogen and oxygen atoms in total. The predicted octanol–water partition coefficient (Wildman–Crippen LogP) is 0.0409. The third-order valence-corrected chi connectivity index (χ3v) is 3.98. The van der Waals surface area contributed by atoms with Crippen LogP contribution in [0.25, 0.3) is 0 Å². The van der Waals surface area contributed by atoms with Crippen LogP contribution in [0, 0.1) is 11.6 Å². The van der Waals surface area contributed by atoms with Crippen molar-refractivity contribution < 1.29 is 41.7 Å². The third kappa shape index (κ3) is 3.75. The van der Waals surface area contributed by atoms with Crippen LogP contribution in [-0.4, -0.2) is 50.3 Å². The van der Waals surface area contributed by atoms with Gasteiger partial charge in [-0.25, -0.2) is 22.0 Å². The zero-order valence-electron chi connectivity index (χ0n) is 11.0. The number of carboxylic acid groups (broad SMARTS) is 2. The zero-order valence-corrected chi connectivity index (χ0v) is 11.9. The van der Waals surface area contributed by atoms with Crippen LogP contribution in [0.5, 0.6) is 0 Å². The van der Waals surface area contributed by atoms with E-state index in [1.54, 1.807) is 4.72 Å². The topological polar surface area (TPSA) is 130 Å². The summed E-state index contributed by atoms with van der Waals surface area (Å²) in [5, 5.41) is 17.5. The average Bonchev–Trinajstić information content (AvgIpc) is 2.36. The molecule has 1 unspecified atom stereocenters. The highest BCUT2D eigenvalue weighted by Gasteiger charge is 2.30. The molecule has 1 atom stereocenters. The van der Waals surface area contributed by atoms with Gasteiger partial charge in [-0.2, -0.15) is 4.72 Å². The molecule has 22 heavy (non-hydrogen) atoms. The minimum atomic E-state index is -4.75. The second-order valence-electron chi connectivity index (χ2n) is 4.01. The highest BCUT2D eigenvalue weighted by molar-refractivity contribution is 7.89. The fourth-order valence-corrected chi connectivity index (χ4v) is 2.77. The SMILES string of the molecule is COCC(NS(=O)(=O)c1ccc(F)c(C(=O)O)c1F)C(=O)O. The van der Waals surface area contributed by atoms with Crippen LogP contribution >= 0.6 is 0 Å². The molecule has 0 radical (unpaired) electrons. The highest BCUT2D eigenvalue weighted by Crippen LogP contribution is 2.21. The molecule has 0 amide bonds. The lowest BCUT2D eigenvalue weighted by atomic mass is 10.2. The monoisotopic (exact) mass is 339 g/mol. The first-order valence-corrected chi connectivity index (χ1v) is 7.05. The van der Waals surface area contributed by atoms with E-state index in [1.807, 2.05) is 0 Å². The molecule has 0 aliphatic heterocycles. The minimum absolute atomic E-state index is 0.452. The maximum atomic E-state index is 13.9. The number of aromatic carboxylic acids is 1. The Labute approximate surface area is 123 Å². The van der Waals surface area contributed by atoms with Gasteiger partial charge in [-0.05, 0) is 12.1 Å². The number of methoxy groups -OCH3 is 1. The first kappa shape index (κ1) is 17.9. The smallest absolute Gasteiger partial charge is 0.341 e. The van der Waals surface area contributed by atoms with Gasteiger partial charge < -0.3 is 14.9 Å². The van der Waals surface area contributed by atoms with Gasteiger partial charge >= 0.3 is 11.9 Å². The second kappa shape index (κ2) is 6.77. The molecule has 1 aromatic carbocycles. The van der Waals surface area contributed by atoms with Crippen LogP contribution in [-0.2, 0) is 19.6 Å². The molecular formula is C11H11F2NO7S. The van der Waals surface area contributed by atoms with Crippen molar-refractivity contribution in [3.8, 4) is 0 Å². The third-order valence-electron chi connectivity index (χ3n) is 2.49. The zero-order chi connectivity index (χ0) is 17.1. The van der Waals surface area contributed by atoms with E-state index >= 15 is 0 Å². The Kier molecular flexibility index (Phi) is 5.52. The Morgan fingerprint density at radius 1 is 1.32 bits per heavy atom. The summed E-state index contributed by atoms with van der Waals surface area (Å²) in [6.07, 6.45) is 0. The molecule has 0 fully saturated rings. The molecule has 0 aliphatic rings. The number of hydrogen-bond acceptors (Lipinski definition) is 5. The Morgan fingerprint density at radius 2 is 1.91 bits per heavy atom. The number of ether oxygens (including phenoxy) is 1. The van der Waals surface area contributed by atoms with E-state index in [0.29, 0.717) is 12.1 Å². The van der Waals surface area contributed by atoms with Crippen molar-refractivity contribution in [1.29, 1.82) is 0 Å². The summed E-state index contributed by atoms with van der Waals surface area (Å²) >= 11 is 0. The molecule has 122 valence electrons. The van der Waals surface area contributed by atoms with Crippen LogP contribution in [0.3, 0.4) is 0 Å². The van der Waals surface area contributed by atoms with E-state index in [0.717, 1.165) is 7.11 Å². The molecule has 1 rings (SSSR count). The van der Waals surface area contributed by atoms with Gasteiger partial charge in [0, 0.05) is 7.11 Å². The quantitative estimate of drug-likeness (QED) is 0.639. The van der Waals surface area contributed by atoms with Crippen LogP contribution in [0.4, 0.5) is 8.78 Å². The van der Waals surface area contributed by atoms with Crippen molar-refractivity contribution in [3.63, 3.8) is 0 Å². The predicted molar refractivity (Wildman–Crippen MR) is 66.9 cm³/mol. The number of carboxylic acids is 2. The average molecular weight is 339 g/mol. The van der Waals surface area contributed by atoms with Crippen LogP contribution in [0.2, 0.25) is 0 Å². The van der Waals surface area contributed by atoms with Crippen molar-refractivity contribution in [1.82, 2.24) is 4.72 Å². The summed E-state index contributed by atoms with van der Waals surface area (Å²) < 4.78 is 57.1. The molecule has 0 heterocycles. The normalized spacial score (nSPS) is 12.9. The Morgan fingerprint density at radius 3 is 2.36 bits per heavy atom. The maximum absolute atomic E-state index is 13.9. The van der Waals surface area contributed by atoms with Gasteiger partial charge in [-0.1, -0.05) is 0 Å². The Bertz CT molecular complexity index is 705. The van der Waals surface area contributed by atoms with E-state index in [1.165, 1.54) is 0 Å². The summed E-state index contributed by atoms with van der Waals surface area (Å²) in [7, 11) is -3.63. The van der Waals surface area contributed by atoms with E-state index in [2.05, 4.69) is 4.74 Å². The van der Waals surface area contributed by atoms with Gasteiger partial charge in [0.25, 0.3) is 0 Å². The van der Waals surface area contributed by atoms with Gasteiger partial charge in [-0.15, -0.1) is 0 Å². The van der Waals surface area contributed by atoms with Crippen molar-refractivity contribution >= 4 is 22.0 Å². The van der Waals surface area contributed by atoms with Crippen molar-refractivity contribution in [2.75, 3.05) is 13.7 Å². The van der Waals surface area contributed by atoms with E-state index < -0.39 is 56.7 Å². The number of halogens is 2. The van der Waals surface area contributed by atoms with Gasteiger partial charge in [0.2, 0.25) is 10.0 Å². The maximum Gasteiger partial charge on any atom is 0.341 e. The lowest BCUT2D eigenvalue weighted by molar-refractivity contribution is -0.140. The summed E-state index contributed by atoms with van der Waals surface area (Å²) in [6, 6.07) is -0.786. The summed E-state index contributed by atoms with van der Waals surface area (Å²) in [4.78, 5) is 20.4. The Balaban J connectivity index is 3.32. The van der Waals surface area contributed by atoms with Gasteiger partial charge in [0.15, 0.2) is 5.82 Å². The fraction of sp³-hybridized carbons (Fsp3) is 0.273. The van der Waals surface area contributed by atoms with Crippen LogP contribution < -0.4 is 4.72 Å². The molecule has 0 aliphatic carbocycles. The number of carbonyl (C=O) groups is 2. The first-order chi connectivity index (χ1) is 10.1. The number of sulfonamides is 1. The molecule has 0 saturated heterocycles. The molecule has 11 heteroatoms. The Hall–Kier alpha value is -2.11. The van der Waals surface area contributed by atoms with Crippen molar-refractivity contribution in [3.05, 3.63) is 29.3 Å². The highest BCUT2D eigenvalue weighted by atomic mass is 32.2. The molecule has 0 saturated carbocycles. The number of rotatable bonds is 7. The summed E-state index contributed by atoms with van der Waals surface area (Å²) in [6.45, 7) is -0.552. The van der Waals surface area contributed by atoms with Gasteiger partial charge in [0.05, 0.1) is 6.61 Å². The van der Waals surface area contributed by atoms with Gasteiger partial charge in [-0.3, -0.25) is 4.79 Å². The first-order valence-electron chi connectivity index (χ1n) is 5.57. The summed E-state index contributed by atoms with van der Waals surface area (Å²) in [5.74, 6) is -6.89. The lowest BCUT2D eigenvalue weighted by Gasteiger charge is -2.14. The molecule has 0 aromatic heterocycles. The number of aliphatic carboxylic acids is 1. The molecule has 0 spiro atoms. The van der Waals surface area contributed by atoms with Crippen LogP contribution in [0.15, 0.2) is 17.0 Å². The molecule has 0 bridgehead atoms. The molecular weight excluding hydrogens is 328 g/mol. The van der Waals surface area contributed by atoms with Gasteiger partial charge in [0.1, 0.15) is 22.3 Å². The number of hydrogen-bond donors (Lipinski definition) is 3. The van der Waals surface area contributed by atoms with Crippen molar-refractivity contribution in [2.24, 2.45) is 0 Å². The second-order valence-corrected chi connectivity index (χ2v) is 5.69. The van der Waals surface area contributed by atoms with E-state index in [-0.39, 0.29) is 0 Å². The lowest BCUT2D eigenvalue weighted by Crippen LogP contribution is -2.44. The summed E-state index contributed by atoms with van der Waals surface area (Å²) in [5.41, 5.74) is -1.46. The molecule has 3 N–H and O–H groups in total. The number of nitrogens with one attached hydrogen (secondary N) is 1. The standard InChI is InChI=1S/C11H11F2NO7S/c1-21-4-6(10(15)16)14-22(19,20)7-3-2-5(12)8(9(7)13)11(17)18/h2-3,6,14H,4H2,1H3,(H,15,16)(H,17,18). The largest absolute Gasteiger partial charge is 0.480 e. The molecule has 1 aromatic rings. The van der Waals surface area contributed by atoms with E-state index in [9.17, 15) is 26.8 Å². The fourth-order valence-electron chi connectivity index (χ4n) is 1.51. The number of benzene rings is 1. The van der Waals surface area contributed by atoms with Crippen molar-refractivity contribution in [2.45, 2.75) is 10.9 Å². The minimum Gasteiger partial charge on any atom is -0.480 e.